The fraction of sp³-hybridized carbons (Fsp3) is 0.929. The minimum atomic E-state index is 0.0373. The van der Waals surface area contributed by atoms with E-state index in [0.717, 1.165) is 38.8 Å². The van der Waals surface area contributed by atoms with Gasteiger partial charge in [0.25, 0.3) is 0 Å². The second-order valence-electron chi connectivity index (χ2n) is 5.51. The van der Waals surface area contributed by atoms with E-state index in [9.17, 15) is 4.79 Å². The van der Waals surface area contributed by atoms with Crippen molar-refractivity contribution in [3.63, 3.8) is 0 Å². The van der Waals surface area contributed by atoms with Gasteiger partial charge in [-0.05, 0) is 38.8 Å². The Morgan fingerprint density at radius 1 is 1.21 bits per heavy atom. The molecule has 19 heavy (non-hydrogen) atoms. The maximum atomic E-state index is 12.2. The topological polar surface area (TPSA) is 61.8 Å². The number of amides is 1. The Labute approximate surface area is 115 Å². The van der Waals surface area contributed by atoms with Crippen molar-refractivity contribution in [2.24, 2.45) is 0 Å². The molecule has 1 saturated carbocycles. The Morgan fingerprint density at radius 2 is 1.89 bits per heavy atom. The van der Waals surface area contributed by atoms with Crippen molar-refractivity contribution in [2.75, 3.05) is 32.8 Å². The van der Waals surface area contributed by atoms with E-state index in [1.54, 1.807) is 0 Å². The van der Waals surface area contributed by atoms with Gasteiger partial charge < -0.3 is 20.1 Å². The third-order valence-corrected chi connectivity index (χ3v) is 4.16. The van der Waals surface area contributed by atoms with E-state index in [1.165, 1.54) is 12.8 Å². The minimum absolute atomic E-state index is 0.0373. The first kappa shape index (κ1) is 14.8. The summed E-state index contributed by atoms with van der Waals surface area (Å²) in [6.45, 7) is 2.60. The molecule has 1 saturated heterocycles. The molecule has 2 fully saturated rings. The van der Waals surface area contributed by atoms with Crippen LogP contribution in [0.15, 0.2) is 0 Å². The molecule has 5 heteroatoms. The van der Waals surface area contributed by atoms with Gasteiger partial charge in [-0.3, -0.25) is 4.79 Å². The molecule has 110 valence electrons. The molecule has 2 N–H and O–H groups in total. The molecule has 0 aromatic heterocycles. The van der Waals surface area contributed by atoms with Crippen LogP contribution in [0, 0.1) is 0 Å². The predicted molar refractivity (Wildman–Crippen MR) is 72.9 cm³/mol. The van der Waals surface area contributed by atoms with Crippen molar-refractivity contribution < 1.29 is 14.6 Å². The van der Waals surface area contributed by atoms with Crippen LogP contribution >= 0.6 is 0 Å². The number of nitrogens with one attached hydrogen (secondary N) is 1. The third kappa shape index (κ3) is 4.44. The highest BCUT2D eigenvalue weighted by molar-refractivity contribution is 5.77. The summed E-state index contributed by atoms with van der Waals surface area (Å²) in [6, 6.07) is 0.316. The molecule has 0 spiro atoms. The van der Waals surface area contributed by atoms with Gasteiger partial charge >= 0.3 is 0 Å². The molecule has 0 radical (unpaired) electrons. The number of carbonyl (C=O) groups is 1. The van der Waals surface area contributed by atoms with E-state index in [1.807, 2.05) is 4.90 Å². The number of piperidine rings is 1. The molecule has 1 aliphatic carbocycles. The molecule has 0 unspecified atom stereocenters. The molecular formula is C14H26N2O3. The van der Waals surface area contributed by atoms with Crippen LogP contribution in [-0.2, 0) is 9.53 Å². The summed E-state index contributed by atoms with van der Waals surface area (Å²) in [5.41, 5.74) is 0. The summed E-state index contributed by atoms with van der Waals surface area (Å²) < 4.78 is 5.72. The second kappa shape index (κ2) is 7.82. The SMILES string of the molecule is O=C(COC1CCNCC1)N(CCO)C1CCCC1. The Bertz CT molecular complexity index is 274. The number of carbonyl (C=O) groups excluding carboxylic acids is 1. The van der Waals surface area contributed by atoms with Crippen molar-refractivity contribution in [3.05, 3.63) is 0 Å². The third-order valence-electron chi connectivity index (χ3n) is 4.16. The van der Waals surface area contributed by atoms with Crippen LogP contribution in [-0.4, -0.2) is 60.9 Å². The maximum Gasteiger partial charge on any atom is 0.248 e. The van der Waals surface area contributed by atoms with Crippen LogP contribution in [0.3, 0.4) is 0 Å². The molecule has 2 aliphatic rings. The molecule has 2 rings (SSSR count). The summed E-state index contributed by atoms with van der Waals surface area (Å²) >= 11 is 0. The molecule has 5 nitrogen and oxygen atoms in total. The van der Waals surface area contributed by atoms with E-state index < -0.39 is 0 Å². The van der Waals surface area contributed by atoms with Crippen molar-refractivity contribution >= 4 is 5.91 Å². The summed E-state index contributed by atoms with van der Waals surface area (Å²) in [6.07, 6.45) is 6.69. The van der Waals surface area contributed by atoms with E-state index in [2.05, 4.69) is 5.32 Å². The van der Waals surface area contributed by atoms with E-state index >= 15 is 0 Å². The lowest BCUT2D eigenvalue weighted by atomic mass is 10.1. The number of hydrogen-bond donors (Lipinski definition) is 2. The average Bonchev–Trinajstić information content (AvgIpc) is 2.97. The quantitative estimate of drug-likeness (QED) is 0.738. The molecule has 0 bridgehead atoms. The molecule has 0 atom stereocenters. The van der Waals surface area contributed by atoms with Crippen LogP contribution in [0.1, 0.15) is 38.5 Å². The summed E-state index contributed by atoms with van der Waals surface area (Å²) in [7, 11) is 0. The van der Waals surface area contributed by atoms with Crippen LogP contribution in [0.2, 0.25) is 0 Å². The van der Waals surface area contributed by atoms with Gasteiger partial charge in [0.1, 0.15) is 6.61 Å². The van der Waals surface area contributed by atoms with Gasteiger partial charge in [-0.1, -0.05) is 12.8 Å². The first-order valence-corrected chi connectivity index (χ1v) is 7.54. The van der Waals surface area contributed by atoms with Gasteiger partial charge in [0.05, 0.1) is 12.7 Å². The molecule has 0 aromatic carbocycles. The molecule has 1 aliphatic heterocycles. The van der Waals surface area contributed by atoms with Crippen LogP contribution in [0.4, 0.5) is 0 Å². The Hall–Kier alpha value is -0.650. The Balaban J connectivity index is 1.77. The number of ether oxygens (including phenoxy) is 1. The number of nitrogens with zero attached hydrogens (tertiary/aromatic N) is 1. The Kier molecular flexibility index (Phi) is 6.07. The zero-order chi connectivity index (χ0) is 13.5. The van der Waals surface area contributed by atoms with Gasteiger partial charge in [0.2, 0.25) is 5.91 Å². The first-order chi connectivity index (χ1) is 9.31. The van der Waals surface area contributed by atoms with Crippen molar-refractivity contribution in [1.82, 2.24) is 10.2 Å². The molecular weight excluding hydrogens is 244 g/mol. The zero-order valence-corrected chi connectivity index (χ0v) is 11.6. The smallest absolute Gasteiger partial charge is 0.248 e. The van der Waals surface area contributed by atoms with Gasteiger partial charge in [0, 0.05) is 12.6 Å². The number of aliphatic hydroxyl groups is 1. The fourth-order valence-corrected chi connectivity index (χ4v) is 3.07. The van der Waals surface area contributed by atoms with Gasteiger partial charge in [0.15, 0.2) is 0 Å². The predicted octanol–water partition coefficient (Wildman–Crippen LogP) is 0.519. The summed E-state index contributed by atoms with van der Waals surface area (Å²) in [5.74, 6) is 0.0412. The van der Waals surface area contributed by atoms with Crippen LogP contribution in [0.5, 0.6) is 0 Å². The van der Waals surface area contributed by atoms with E-state index in [4.69, 9.17) is 9.84 Å². The second-order valence-corrected chi connectivity index (χ2v) is 5.51. The highest BCUT2D eigenvalue weighted by Gasteiger charge is 2.26. The zero-order valence-electron chi connectivity index (χ0n) is 11.6. The Morgan fingerprint density at radius 3 is 2.53 bits per heavy atom. The average molecular weight is 270 g/mol. The lowest BCUT2D eigenvalue weighted by Crippen LogP contribution is -2.43. The van der Waals surface area contributed by atoms with E-state index in [-0.39, 0.29) is 25.2 Å². The summed E-state index contributed by atoms with van der Waals surface area (Å²) in [5, 5.41) is 12.4. The van der Waals surface area contributed by atoms with Gasteiger partial charge in [-0.25, -0.2) is 0 Å². The molecule has 0 aromatic rings. The summed E-state index contributed by atoms with van der Waals surface area (Å²) in [4.78, 5) is 14.1. The molecule has 1 heterocycles. The highest BCUT2D eigenvalue weighted by Crippen LogP contribution is 2.23. The molecule has 1 amide bonds. The maximum absolute atomic E-state index is 12.2. The first-order valence-electron chi connectivity index (χ1n) is 7.54. The number of rotatable bonds is 6. The standard InChI is InChI=1S/C14H26N2O3/c17-10-9-16(12-3-1-2-4-12)14(18)11-19-13-5-7-15-8-6-13/h12-13,15,17H,1-11H2. The minimum Gasteiger partial charge on any atom is -0.395 e. The van der Waals surface area contributed by atoms with Crippen molar-refractivity contribution in [2.45, 2.75) is 50.7 Å². The van der Waals surface area contributed by atoms with Crippen LogP contribution in [0.25, 0.3) is 0 Å². The highest BCUT2D eigenvalue weighted by atomic mass is 16.5. The normalized spacial score (nSPS) is 21.7. The van der Waals surface area contributed by atoms with E-state index in [0.29, 0.717) is 12.6 Å². The number of hydrogen-bond acceptors (Lipinski definition) is 4. The lowest BCUT2D eigenvalue weighted by molar-refractivity contribution is -0.141. The lowest BCUT2D eigenvalue weighted by Gasteiger charge is -2.29. The monoisotopic (exact) mass is 270 g/mol. The van der Waals surface area contributed by atoms with Crippen LogP contribution < -0.4 is 5.32 Å². The number of aliphatic hydroxyl groups excluding tert-OH is 1. The van der Waals surface area contributed by atoms with Gasteiger partial charge in [-0.2, -0.15) is 0 Å². The van der Waals surface area contributed by atoms with Crippen molar-refractivity contribution in [3.8, 4) is 0 Å². The van der Waals surface area contributed by atoms with Gasteiger partial charge in [-0.15, -0.1) is 0 Å². The fourth-order valence-electron chi connectivity index (χ4n) is 3.07. The van der Waals surface area contributed by atoms with Crippen molar-refractivity contribution in [1.29, 1.82) is 0 Å². The largest absolute Gasteiger partial charge is 0.395 e.